The fraction of sp³-hybridized carbons (Fsp3) is 0.160. The zero-order valence-corrected chi connectivity index (χ0v) is 18.6. The normalized spacial score (nSPS) is 10.7. The van der Waals surface area contributed by atoms with E-state index in [4.69, 9.17) is 4.74 Å². The van der Waals surface area contributed by atoms with Crippen molar-refractivity contribution in [1.29, 1.82) is 0 Å². The molecular weight excluding hydrogens is 420 g/mol. The minimum absolute atomic E-state index is 0.0774. The van der Waals surface area contributed by atoms with Gasteiger partial charge in [0.05, 0.1) is 12.3 Å². The SMILES string of the molecule is Cc1ccc(OCCNC(=O)CSc2nnc(-c3ccccc3)n2-c2ccccc2)cc1. The molecule has 1 heterocycles. The van der Waals surface area contributed by atoms with Gasteiger partial charge in [0.1, 0.15) is 12.4 Å². The number of aryl methyl sites for hydroxylation is 1. The quantitative estimate of drug-likeness (QED) is 0.303. The first-order valence-corrected chi connectivity index (χ1v) is 11.3. The average Bonchev–Trinajstić information content (AvgIpc) is 3.27. The molecule has 7 heteroatoms. The second-order valence-electron chi connectivity index (χ2n) is 7.14. The fourth-order valence-electron chi connectivity index (χ4n) is 3.12. The Morgan fingerprint density at radius 3 is 2.34 bits per heavy atom. The molecule has 0 aliphatic heterocycles. The molecule has 162 valence electrons. The maximum absolute atomic E-state index is 12.4. The third-order valence-corrected chi connectivity index (χ3v) is 5.65. The van der Waals surface area contributed by atoms with Gasteiger partial charge in [0.25, 0.3) is 0 Å². The molecule has 4 aromatic rings. The number of thioether (sulfide) groups is 1. The molecule has 6 nitrogen and oxygen atoms in total. The molecule has 4 rings (SSSR count). The molecule has 0 fully saturated rings. The number of nitrogens with zero attached hydrogens (tertiary/aromatic N) is 3. The standard InChI is InChI=1S/C25H24N4O2S/c1-19-12-14-22(15-13-19)31-17-16-26-23(30)18-32-25-28-27-24(20-8-4-2-5-9-20)29(25)21-10-6-3-7-11-21/h2-15H,16-18H2,1H3,(H,26,30). The number of benzene rings is 3. The number of aromatic nitrogens is 3. The van der Waals surface area contributed by atoms with Crippen molar-refractivity contribution in [3.8, 4) is 22.8 Å². The topological polar surface area (TPSA) is 69.0 Å². The first-order valence-electron chi connectivity index (χ1n) is 10.4. The summed E-state index contributed by atoms with van der Waals surface area (Å²) in [6.45, 7) is 2.88. The van der Waals surface area contributed by atoms with Crippen LogP contribution in [0.15, 0.2) is 90.1 Å². The number of para-hydroxylation sites is 1. The Balaban J connectivity index is 1.37. The van der Waals surface area contributed by atoms with Crippen LogP contribution in [0, 0.1) is 6.92 Å². The summed E-state index contributed by atoms with van der Waals surface area (Å²) < 4.78 is 7.64. The number of rotatable bonds is 9. The molecule has 32 heavy (non-hydrogen) atoms. The largest absolute Gasteiger partial charge is 0.492 e. The van der Waals surface area contributed by atoms with Crippen LogP contribution in [0.5, 0.6) is 5.75 Å². The number of carbonyl (C=O) groups excluding carboxylic acids is 1. The molecule has 0 radical (unpaired) electrons. The molecule has 1 amide bonds. The summed E-state index contributed by atoms with van der Waals surface area (Å²) in [6.07, 6.45) is 0. The van der Waals surface area contributed by atoms with Gasteiger partial charge >= 0.3 is 0 Å². The Morgan fingerprint density at radius 2 is 1.62 bits per heavy atom. The second-order valence-corrected chi connectivity index (χ2v) is 8.09. The van der Waals surface area contributed by atoms with Crippen LogP contribution in [0.25, 0.3) is 17.1 Å². The lowest BCUT2D eigenvalue weighted by Gasteiger charge is -2.11. The number of hydrogen-bond donors (Lipinski definition) is 1. The molecule has 0 bridgehead atoms. The average molecular weight is 445 g/mol. The van der Waals surface area contributed by atoms with Gasteiger partial charge < -0.3 is 10.1 Å². The highest BCUT2D eigenvalue weighted by Crippen LogP contribution is 2.27. The minimum atomic E-state index is -0.0774. The van der Waals surface area contributed by atoms with Gasteiger partial charge in [0.15, 0.2) is 11.0 Å². The van der Waals surface area contributed by atoms with Crippen molar-refractivity contribution in [2.75, 3.05) is 18.9 Å². The fourth-order valence-corrected chi connectivity index (χ4v) is 3.90. The van der Waals surface area contributed by atoms with Crippen molar-refractivity contribution in [3.63, 3.8) is 0 Å². The molecule has 0 spiro atoms. The summed E-state index contributed by atoms with van der Waals surface area (Å²) in [7, 11) is 0. The lowest BCUT2D eigenvalue weighted by atomic mass is 10.2. The van der Waals surface area contributed by atoms with Crippen LogP contribution in [0.4, 0.5) is 0 Å². The highest BCUT2D eigenvalue weighted by molar-refractivity contribution is 7.99. The molecule has 0 unspecified atom stereocenters. The Labute approximate surface area is 191 Å². The van der Waals surface area contributed by atoms with Crippen LogP contribution in [0.1, 0.15) is 5.56 Å². The maximum atomic E-state index is 12.4. The van der Waals surface area contributed by atoms with E-state index in [1.165, 1.54) is 17.3 Å². The van der Waals surface area contributed by atoms with E-state index in [1.54, 1.807) is 0 Å². The van der Waals surface area contributed by atoms with E-state index in [9.17, 15) is 4.79 Å². The monoisotopic (exact) mass is 444 g/mol. The van der Waals surface area contributed by atoms with Gasteiger partial charge in [-0.3, -0.25) is 9.36 Å². The van der Waals surface area contributed by atoms with Crippen LogP contribution in [0.3, 0.4) is 0 Å². The number of amides is 1. The summed E-state index contributed by atoms with van der Waals surface area (Å²) in [6, 6.07) is 27.7. The Bertz CT molecular complexity index is 1150. The van der Waals surface area contributed by atoms with E-state index in [-0.39, 0.29) is 11.7 Å². The number of carbonyl (C=O) groups is 1. The van der Waals surface area contributed by atoms with Crippen LogP contribution in [-0.2, 0) is 4.79 Å². The molecule has 0 saturated heterocycles. The Morgan fingerprint density at radius 1 is 0.938 bits per heavy atom. The van der Waals surface area contributed by atoms with Crippen molar-refractivity contribution in [2.24, 2.45) is 0 Å². The highest BCUT2D eigenvalue weighted by Gasteiger charge is 2.17. The zero-order chi connectivity index (χ0) is 22.2. The first kappa shape index (κ1) is 21.6. The first-order chi connectivity index (χ1) is 15.7. The molecule has 3 aromatic carbocycles. The van der Waals surface area contributed by atoms with Crippen molar-refractivity contribution in [2.45, 2.75) is 12.1 Å². The lowest BCUT2D eigenvalue weighted by Crippen LogP contribution is -2.29. The summed E-state index contributed by atoms with van der Waals surface area (Å²) in [5.41, 5.74) is 3.10. The van der Waals surface area contributed by atoms with Crippen LogP contribution >= 0.6 is 11.8 Å². The van der Waals surface area contributed by atoms with Gasteiger partial charge in [-0.15, -0.1) is 10.2 Å². The summed E-state index contributed by atoms with van der Waals surface area (Å²) in [5.74, 6) is 1.70. The summed E-state index contributed by atoms with van der Waals surface area (Å²) in [4.78, 5) is 12.4. The molecule has 0 saturated carbocycles. The molecule has 0 aliphatic carbocycles. The van der Waals surface area contributed by atoms with Crippen LogP contribution in [-0.4, -0.2) is 39.6 Å². The van der Waals surface area contributed by atoms with Crippen molar-refractivity contribution < 1.29 is 9.53 Å². The van der Waals surface area contributed by atoms with Gasteiger partial charge in [0.2, 0.25) is 5.91 Å². The van der Waals surface area contributed by atoms with Gasteiger partial charge in [0, 0.05) is 11.3 Å². The lowest BCUT2D eigenvalue weighted by molar-refractivity contribution is -0.118. The van der Waals surface area contributed by atoms with Crippen molar-refractivity contribution >= 4 is 17.7 Å². The van der Waals surface area contributed by atoms with Gasteiger partial charge in [-0.1, -0.05) is 78.0 Å². The number of nitrogens with one attached hydrogen (secondary N) is 1. The molecule has 0 atom stereocenters. The minimum Gasteiger partial charge on any atom is -0.492 e. The van der Waals surface area contributed by atoms with Gasteiger partial charge in [-0.05, 0) is 31.2 Å². The summed E-state index contributed by atoms with van der Waals surface area (Å²) >= 11 is 1.36. The Kier molecular flexibility index (Phi) is 7.19. The van der Waals surface area contributed by atoms with Crippen LogP contribution < -0.4 is 10.1 Å². The van der Waals surface area contributed by atoms with Crippen molar-refractivity contribution in [1.82, 2.24) is 20.1 Å². The number of ether oxygens (including phenoxy) is 1. The maximum Gasteiger partial charge on any atom is 0.230 e. The summed E-state index contributed by atoms with van der Waals surface area (Å²) in [5, 5.41) is 12.3. The van der Waals surface area contributed by atoms with Crippen molar-refractivity contribution in [3.05, 3.63) is 90.5 Å². The molecule has 1 N–H and O–H groups in total. The molecule has 1 aromatic heterocycles. The van der Waals surface area contributed by atoms with E-state index < -0.39 is 0 Å². The molecular formula is C25H24N4O2S. The smallest absolute Gasteiger partial charge is 0.230 e. The Hall–Kier alpha value is -3.58. The second kappa shape index (κ2) is 10.6. The van der Waals surface area contributed by atoms with Gasteiger partial charge in [-0.2, -0.15) is 0 Å². The predicted molar refractivity (Wildman–Crippen MR) is 127 cm³/mol. The number of hydrogen-bond acceptors (Lipinski definition) is 5. The van der Waals surface area contributed by atoms with E-state index in [1.807, 2.05) is 96.4 Å². The third kappa shape index (κ3) is 5.56. The van der Waals surface area contributed by atoms with Gasteiger partial charge in [-0.25, -0.2) is 0 Å². The van der Waals surface area contributed by atoms with E-state index in [2.05, 4.69) is 15.5 Å². The van der Waals surface area contributed by atoms with E-state index >= 15 is 0 Å². The molecule has 0 aliphatic rings. The van der Waals surface area contributed by atoms with E-state index in [0.29, 0.717) is 18.3 Å². The van der Waals surface area contributed by atoms with Crippen LogP contribution in [0.2, 0.25) is 0 Å². The predicted octanol–water partition coefficient (Wildman–Crippen LogP) is 4.53. The third-order valence-electron chi connectivity index (χ3n) is 4.73. The zero-order valence-electron chi connectivity index (χ0n) is 17.8. The highest BCUT2D eigenvalue weighted by atomic mass is 32.2. The van der Waals surface area contributed by atoms with E-state index in [0.717, 1.165) is 22.8 Å².